The number of nitro groups is 1. The van der Waals surface area contributed by atoms with E-state index >= 15 is 0 Å². The molecule has 0 saturated heterocycles. The third-order valence-electron chi connectivity index (χ3n) is 2.82. The fourth-order valence-corrected chi connectivity index (χ4v) is 1.77. The smallest absolute Gasteiger partial charge is 0.293 e. The van der Waals surface area contributed by atoms with Crippen LogP contribution in [0.1, 0.15) is 18.1 Å². The molecule has 0 aliphatic heterocycles. The topological polar surface area (TPSA) is 96.8 Å². The van der Waals surface area contributed by atoms with Crippen LogP contribution in [-0.2, 0) is 13.1 Å². The lowest BCUT2D eigenvalue weighted by molar-refractivity contribution is -0.384. The van der Waals surface area contributed by atoms with Crippen molar-refractivity contribution in [1.82, 2.24) is 9.78 Å². The molecular weight excluding hydrogens is 258 g/mol. The van der Waals surface area contributed by atoms with E-state index in [4.69, 9.17) is 5.26 Å². The van der Waals surface area contributed by atoms with Crippen LogP contribution in [0.25, 0.3) is 0 Å². The van der Waals surface area contributed by atoms with Gasteiger partial charge < -0.3 is 5.32 Å². The number of hydrogen-bond acceptors (Lipinski definition) is 5. The van der Waals surface area contributed by atoms with Crippen LogP contribution < -0.4 is 5.32 Å². The van der Waals surface area contributed by atoms with Gasteiger partial charge in [-0.15, -0.1) is 0 Å². The van der Waals surface area contributed by atoms with Crippen LogP contribution in [0.4, 0.5) is 11.4 Å². The van der Waals surface area contributed by atoms with Gasteiger partial charge in [-0.2, -0.15) is 10.4 Å². The van der Waals surface area contributed by atoms with Gasteiger partial charge in [0.15, 0.2) is 0 Å². The predicted octanol–water partition coefficient (Wildman–Crippen LogP) is 2.29. The van der Waals surface area contributed by atoms with Crippen LogP contribution >= 0.6 is 0 Å². The van der Waals surface area contributed by atoms with Crippen molar-refractivity contribution in [2.75, 3.05) is 5.32 Å². The molecule has 20 heavy (non-hydrogen) atoms. The molecule has 0 amide bonds. The van der Waals surface area contributed by atoms with Gasteiger partial charge in [-0.1, -0.05) is 0 Å². The highest BCUT2D eigenvalue weighted by molar-refractivity contribution is 5.64. The molecule has 0 bridgehead atoms. The number of benzene rings is 1. The Morgan fingerprint density at radius 2 is 2.35 bits per heavy atom. The Kier molecular flexibility index (Phi) is 3.96. The summed E-state index contributed by atoms with van der Waals surface area (Å²) in [6, 6.07) is 6.24. The summed E-state index contributed by atoms with van der Waals surface area (Å²) in [4.78, 5) is 10.5. The van der Waals surface area contributed by atoms with Gasteiger partial charge in [0.2, 0.25) is 0 Å². The number of nitro benzene ring substituents is 1. The van der Waals surface area contributed by atoms with E-state index < -0.39 is 4.92 Å². The fourth-order valence-electron chi connectivity index (χ4n) is 1.77. The minimum absolute atomic E-state index is 0.105. The Morgan fingerprint density at radius 1 is 1.55 bits per heavy atom. The number of aromatic nitrogens is 2. The largest absolute Gasteiger partial charge is 0.375 e. The second kappa shape index (κ2) is 5.84. The molecule has 0 unspecified atom stereocenters. The van der Waals surface area contributed by atoms with Gasteiger partial charge in [0.05, 0.1) is 22.8 Å². The summed E-state index contributed by atoms with van der Waals surface area (Å²) in [6.07, 6.45) is 3.59. The zero-order chi connectivity index (χ0) is 14.5. The van der Waals surface area contributed by atoms with Crippen molar-refractivity contribution in [2.24, 2.45) is 0 Å². The summed E-state index contributed by atoms with van der Waals surface area (Å²) < 4.78 is 1.78. The van der Waals surface area contributed by atoms with Crippen molar-refractivity contribution in [2.45, 2.75) is 20.0 Å². The monoisotopic (exact) mass is 271 g/mol. The summed E-state index contributed by atoms with van der Waals surface area (Å²) >= 11 is 0. The molecule has 2 rings (SSSR count). The molecule has 0 spiro atoms. The second-order valence-corrected chi connectivity index (χ2v) is 4.16. The third-order valence-corrected chi connectivity index (χ3v) is 2.82. The van der Waals surface area contributed by atoms with Gasteiger partial charge >= 0.3 is 0 Å². The van der Waals surface area contributed by atoms with E-state index in [1.54, 1.807) is 23.0 Å². The average Bonchev–Trinajstić information content (AvgIpc) is 2.92. The normalized spacial score (nSPS) is 10.0. The first-order valence-corrected chi connectivity index (χ1v) is 6.07. The van der Waals surface area contributed by atoms with E-state index in [1.807, 2.05) is 19.2 Å². The molecule has 7 nitrogen and oxygen atoms in total. The summed E-state index contributed by atoms with van der Waals surface area (Å²) in [5.41, 5.74) is 1.48. The first-order chi connectivity index (χ1) is 9.63. The highest BCUT2D eigenvalue weighted by Gasteiger charge is 2.14. The Hall–Kier alpha value is -2.88. The summed E-state index contributed by atoms with van der Waals surface area (Å²) in [5.74, 6) is 0. The molecular formula is C13H13N5O2. The Labute approximate surface area is 115 Å². The SMILES string of the molecule is CCn1cc(CNc2ccc(C#N)cc2[N+](=O)[O-])cn1. The molecule has 102 valence electrons. The van der Waals surface area contributed by atoms with Crippen LogP contribution in [0.5, 0.6) is 0 Å². The van der Waals surface area contributed by atoms with Crippen molar-refractivity contribution in [1.29, 1.82) is 5.26 Å². The Balaban J connectivity index is 2.16. The lowest BCUT2D eigenvalue weighted by atomic mass is 10.2. The zero-order valence-electron chi connectivity index (χ0n) is 10.9. The first kappa shape index (κ1) is 13.5. The van der Waals surface area contributed by atoms with Crippen LogP contribution in [0.15, 0.2) is 30.6 Å². The molecule has 0 aliphatic carbocycles. The molecule has 0 fully saturated rings. The van der Waals surface area contributed by atoms with Crippen molar-refractivity contribution in [3.05, 3.63) is 51.8 Å². The predicted molar refractivity (Wildman–Crippen MR) is 73.0 cm³/mol. The summed E-state index contributed by atoms with van der Waals surface area (Å²) in [5, 5.41) is 26.9. The molecule has 1 N–H and O–H groups in total. The van der Waals surface area contributed by atoms with E-state index in [0.717, 1.165) is 12.1 Å². The van der Waals surface area contributed by atoms with E-state index in [2.05, 4.69) is 10.4 Å². The van der Waals surface area contributed by atoms with Gasteiger partial charge in [-0.05, 0) is 19.1 Å². The average molecular weight is 271 g/mol. The summed E-state index contributed by atoms with van der Waals surface area (Å²) in [6.45, 7) is 3.19. The second-order valence-electron chi connectivity index (χ2n) is 4.16. The zero-order valence-corrected chi connectivity index (χ0v) is 10.9. The molecule has 1 aromatic heterocycles. The van der Waals surface area contributed by atoms with Gasteiger partial charge in [0, 0.05) is 30.9 Å². The lowest BCUT2D eigenvalue weighted by Crippen LogP contribution is -2.02. The first-order valence-electron chi connectivity index (χ1n) is 6.07. The molecule has 0 radical (unpaired) electrons. The van der Waals surface area contributed by atoms with Crippen molar-refractivity contribution in [3.8, 4) is 6.07 Å². The van der Waals surface area contributed by atoms with Gasteiger partial charge in [0.25, 0.3) is 5.69 Å². The van der Waals surface area contributed by atoms with E-state index in [0.29, 0.717) is 12.2 Å². The summed E-state index contributed by atoms with van der Waals surface area (Å²) in [7, 11) is 0. The minimum atomic E-state index is -0.501. The Bertz CT molecular complexity index is 672. The minimum Gasteiger partial charge on any atom is -0.375 e. The maximum Gasteiger partial charge on any atom is 0.293 e. The molecule has 0 saturated carbocycles. The van der Waals surface area contributed by atoms with Crippen LogP contribution in [0.2, 0.25) is 0 Å². The molecule has 2 aromatic rings. The van der Waals surface area contributed by atoms with Crippen molar-refractivity contribution >= 4 is 11.4 Å². The number of nitriles is 1. The van der Waals surface area contributed by atoms with Gasteiger partial charge in [0.1, 0.15) is 5.69 Å². The highest BCUT2D eigenvalue weighted by Crippen LogP contribution is 2.25. The quantitative estimate of drug-likeness (QED) is 0.664. The van der Waals surface area contributed by atoms with Crippen molar-refractivity contribution < 1.29 is 4.92 Å². The molecule has 7 heteroatoms. The van der Waals surface area contributed by atoms with Crippen molar-refractivity contribution in [3.63, 3.8) is 0 Å². The van der Waals surface area contributed by atoms with Crippen LogP contribution in [0.3, 0.4) is 0 Å². The van der Waals surface area contributed by atoms with Crippen LogP contribution in [-0.4, -0.2) is 14.7 Å². The van der Waals surface area contributed by atoms with Gasteiger partial charge in [-0.25, -0.2) is 0 Å². The number of rotatable bonds is 5. The van der Waals surface area contributed by atoms with E-state index in [1.165, 1.54) is 6.07 Å². The Morgan fingerprint density at radius 3 is 2.95 bits per heavy atom. The van der Waals surface area contributed by atoms with Gasteiger partial charge in [-0.3, -0.25) is 14.8 Å². The molecule has 1 heterocycles. The van der Waals surface area contributed by atoms with E-state index in [-0.39, 0.29) is 11.3 Å². The third kappa shape index (κ3) is 2.92. The number of anilines is 1. The fraction of sp³-hybridized carbons (Fsp3) is 0.231. The standard InChI is InChI=1S/C13H13N5O2/c1-2-17-9-11(8-16-17)7-15-12-4-3-10(6-14)5-13(12)18(19)20/h3-5,8-9,15H,2,7H2,1H3. The lowest BCUT2D eigenvalue weighted by Gasteiger charge is -2.05. The molecule has 0 atom stereocenters. The number of nitrogens with zero attached hydrogens (tertiary/aromatic N) is 4. The highest BCUT2D eigenvalue weighted by atomic mass is 16.6. The molecule has 1 aromatic carbocycles. The maximum absolute atomic E-state index is 11.0. The van der Waals surface area contributed by atoms with E-state index in [9.17, 15) is 10.1 Å². The van der Waals surface area contributed by atoms with Crippen LogP contribution in [0, 0.1) is 21.4 Å². The number of nitrogens with one attached hydrogen (secondary N) is 1. The maximum atomic E-state index is 11.0. The number of aryl methyl sites for hydroxylation is 1. The molecule has 0 aliphatic rings. The number of hydrogen-bond donors (Lipinski definition) is 1.